The van der Waals surface area contributed by atoms with E-state index in [0.29, 0.717) is 52.0 Å². The van der Waals surface area contributed by atoms with Crippen LogP contribution in [0.5, 0.6) is 5.75 Å². The molecule has 2 aromatic carbocycles. The zero-order valence-corrected chi connectivity index (χ0v) is 17.5. The van der Waals surface area contributed by atoms with Crippen LogP contribution in [-0.4, -0.2) is 5.78 Å². The molecule has 5 nitrogen and oxygen atoms in total. The third-order valence-corrected chi connectivity index (χ3v) is 5.68. The fourth-order valence-corrected chi connectivity index (χ4v) is 4.09. The van der Waals surface area contributed by atoms with Gasteiger partial charge in [0.05, 0.1) is 5.92 Å². The molecule has 1 aliphatic heterocycles. The number of rotatable bonds is 4. The third kappa shape index (κ3) is 3.89. The second kappa shape index (κ2) is 8.43. The Kier molecular flexibility index (Phi) is 5.72. The lowest BCUT2D eigenvalue weighted by atomic mass is 9.77. The lowest BCUT2D eigenvalue weighted by molar-refractivity contribution is -0.116. The molecule has 1 aliphatic carbocycles. The summed E-state index contributed by atoms with van der Waals surface area (Å²) in [5, 5.41) is 10.9. The van der Waals surface area contributed by atoms with E-state index >= 15 is 0 Å². The maximum atomic E-state index is 12.8. The van der Waals surface area contributed by atoms with Crippen molar-refractivity contribution in [2.24, 2.45) is 5.73 Å². The average Bonchev–Trinajstić information content (AvgIpc) is 2.73. The van der Waals surface area contributed by atoms with Crippen molar-refractivity contribution in [3.63, 3.8) is 0 Å². The summed E-state index contributed by atoms with van der Waals surface area (Å²) in [4.78, 5) is 12.8. The van der Waals surface area contributed by atoms with Crippen LogP contribution in [0.4, 0.5) is 0 Å². The van der Waals surface area contributed by atoms with Crippen molar-refractivity contribution in [3.05, 3.63) is 86.4 Å². The van der Waals surface area contributed by atoms with Gasteiger partial charge in [-0.15, -0.1) is 0 Å². The van der Waals surface area contributed by atoms with Gasteiger partial charge in [0.15, 0.2) is 5.78 Å². The Balaban J connectivity index is 1.77. The smallest absolute Gasteiger partial charge is 0.205 e. The number of carbonyl (C=O) groups is 1. The zero-order chi connectivity index (χ0) is 21.3. The third-order valence-electron chi connectivity index (χ3n) is 5.20. The predicted octanol–water partition coefficient (Wildman–Crippen LogP) is 5.39. The maximum absolute atomic E-state index is 12.8. The van der Waals surface area contributed by atoms with Crippen LogP contribution in [0.25, 0.3) is 0 Å². The number of hydrogen-bond acceptors (Lipinski definition) is 5. The van der Waals surface area contributed by atoms with E-state index in [2.05, 4.69) is 6.07 Å². The highest BCUT2D eigenvalue weighted by molar-refractivity contribution is 6.31. The van der Waals surface area contributed by atoms with Gasteiger partial charge in [0.25, 0.3) is 0 Å². The summed E-state index contributed by atoms with van der Waals surface area (Å²) in [7, 11) is 0. The van der Waals surface area contributed by atoms with Crippen molar-refractivity contribution in [1.82, 2.24) is 0 Å². The van der Waals surface area contributed by atoms with Crippen LogP contribution in [0.3, 0.4) is 0 Å². The maximum Gasteiger partial charge on any atom is 0.205 e. The van der Waals surface area contributed by atoms with Gasteiger partial charge in [-0.1, -0.05) is 35.3 Å². The molecule has 0 spiro atoms. The largest absolute Gasteiger partial charge is 0.489 e. The molecule has 2 N–H and O–H groups in total. The van der Waals surface area contributed by atoms with Crippen LogP contribution in [0, 0.1) is 11.3 Å². The summed E-state index contributed by atoms with van der Waals surface area (Å²) < 4.78 is 11.7. The topological polar surface area (TPSA) is 85.3 Å². The highest BCUT2D eigenvalue weighted by Gasteiger charge is 2.39. The first kappa shape index (κ1) is 20.3. The molecule has 30 heavy (non-hydrogen) atoms. The second-order valence-electron chi connectivity index (χ2n) is 7.14. The monoisotopic (exact) mass is 440 g/mol. The van der Waals surface area contributed by atoms with Crippen LogP contribution in [0.2, 0.25) is 10.0 Å². The van der Waals surface area contributed by atoms with Gasteiger partial charge in [-0.25, -0.2) is 0 Å². The molecule has 7 heteroatoms. The van der Waals surface area contributed by atoms with Gasteiger partial charge in [-0.05, 0) is 42.3 Å². The number of carbonyl (C=O) groups excluding carboxylic acids is 1. The Hall–Kier alpha value is -2.94. The van der Waals surface area contributed by atoms with Crippen LogP contribution >= 0.6 is 23.2 Å². The number of hydrogen-bond donors (Lipinski definition) is 1. The second-order valence-corrected chi connectivity index (χ2v) is 8.01. The standard InChI is InChI=1S/C23H18Cl2N2O3/c24-14-6-4-13(5-7-14)12-29-19-9-8-15(25)10-16(19)21-17(11-26)23(27)30-20-3-1-2-18(28)22(20)21/h4-10,21H,1-3,12,27H2. The van der Waals surface area contributed by atoms with Gasteiger partial charge in [0, 0.05) is 34.0 Å². The van der Waals surface area contributed by atoms with Gasteiger partial charge in [0.1, 0.15) is 29.8 Å². The Morgan fingerprint density at radius 1 is 1.13 bits per heavy atom. The Morgan fingerprint density at radius 3 is 2.60 bits per heavy atom. The van der Waals surface area contributed by atoms with Crippen molar-refractivity contribution >= 4 is 29.0 Å². The molecule has 0 saturated carbocycles. The van der Waals surface area contributed by atoms with E-state index < -0.39 is 5.92 Å². The van der Waals surface area contributed by atoms with Crippen LogP contribution in [0.15, 0.2) is 65.3 Å². The SMILES string of the molecule is N#CC1=C(N)OC2=C(C(=O)CCC2)C1c1cc(Cl)ccc1OCc1ccc(Cl)cc1. The molecule has 4 rings (SSSR count). The molecule has 2 aromatic rings. The van der Waals surface area contributed by atoms with E-state index in [1.54, 1.807) is 30.3 Å². The Morgan fingerprint density at radius 2 is 1.87 bits per heavy atom. The number of halogens is 2. The summed E-state index contributed by atoms with van der Waals surface area (Å²) in [6, 6.07) is 14.6. The van der Waals surface area contributed by atoms with E-state index in [9.17, 15) is 10.1 Å². The fraction of sp³-hybridized carbons (Fsp3) is 0.217. The fourth-order valence-electron chi connectivity index (χ4n) is 3.79. The molecule has 0 aromatic heterocycles. The number of nitrogens with two attached hydrogens (primary N) is 1. The molecule has 1 unspecified atom stereocenters. The zero-order valence-electron chi connectivity index (χ0n) is 16.0. The van der Waals surface area contributed by atoms with E-state index in [4.69, 9.17) is 38.4 Å². The molecule has 0 radical (unpaired) electrons. The quantitative estimate of drug-likeness (QED) is 0.688. The van der Waals surface area contributed by atoms with Crippen LogP contribution in [0.1, 0.15) is 36.3 Å². The minimum Gasteiger partial charge on any atom is -0.489 e. The lowest BCUT2D eigenvalue weighted by Gasteiger charge is -2.31. The van der Waals surface area contributed by atoms with Crippen LogP contribution < -0.4 is 10.5 Å². The molecule has 2 aliphatic rings. The van der Waals surface area contributed by atoms with Gasteiger partial charge < -0.3 is 15.2 Å². The normalized spacial score (nSPS) is 18.6. The first-order valence-electron chi connectivity index (χ1n) is 9.48. The van der Waals surface area contributed by atoms with Crippen molar-refractivity contribution in [3.8, 4) is 11.8 Å². The number of benzene rings is 2. The summed E-state index contributed by atoms with van der Waals surface area (Å²) in [6.07, 6.45) is 1.69. The molecule has 0 bridgehead atoms. The number of ketones is 1. The molecule has 0 saturated heterocycles. The van der Waals surface area contributed by atoms with Gasteiger partial charge in [-0.2, -0.15) is 5.26 Å². The number of nitriles is 1. The van der Waals surface area contributed by atoms with Crippen molar-refractivity contribution in [1.29, 1.82) is 5.26 Å². The molecular weight excluding hydrogens is 423 g/mol. The van der Waals surface area contributed by atoms with Gasteiger partial charge in [-0.3, -0.25) is 4.79 Å². The predicted molar refractivity (Wildman–Crippen MR) is 114 cm³/mol. The molecule has 0 amide bonds. The van der Waals surface area contributed by atoms with Crippen molar-refractivity contribution < 1.29 is 14.3 Å². The Bertz CT molecular complexity index is 1110. The summed E-state index contributed by atoms with van der Waals surface area (Å²) >= 11 is 12.2. The number of Topliss-reactive ketones (excluding diaryl/α,β-unsaturated/α-hetero) is 1. The van der Waals surface area contributed by atoms with Gasteiger partial charge in [0.2, 0.25) is 5.88 Å². The lowest BCUT2D eigenvalue weighted by Crippen LogP contribution is -2.27. The number of ether oxygens (including phenoxy) is 2. The molecular formula is C23H18Cl2N2O3. The number of allylic oxidation sites excluding steroid dienone is 3. The molecule has 1 atom stereocenters. The minimum absolute atomic E-state index is 0.0135. The highest BCUT2D eigenvalue weighted by atomic mass is 35.5. The average molecular weight is 441 g/mol. The summed E-state index contributed by atoms with van der Waals surface area (Å²) in [6.45, 7) is 0.288. The first-order valence-corrected chi connectivity index (χ1v) is 10.2. The van der Waals surface area contributed by atoms with Crippen molar-refractivity contribution in [2.75, 3.05) is 0 Å². The first-order chi connectivity index (χ1) is 14.5. The van der Waals surface area contributed by atoms with Crippen molar-refractivity contribution in [2.45, 2.75) is 31.8 Å². The van der Waals surface area contributed by atoms with E-state index in [1.807, 2.05) is 12.1 Å². The van der Waals surface area contributed by atoms with E-state index in [1.165, 1.54) is 0 Å². The Labute approximate surface area is 184 Å². The van der Waals surface area contributed by atoms with E-state index in [-0.39, 0.29) is 23.8 Å². The molecule has 0 fully saturated rings. The number of nitrogens with zero attached hydrogens (tertiary/aromatic N) is 1. The highest BCUT2D eigenvalue weighted by Crippen LogP contribution is 2.46. The minimum atomic E-state index is -0.675. The van der Waals surface area contributed by atoms with Gasteiger partial charge >= 0.3 is 0 Å². The summed E-state index contributed by atoms with van der Waals surface area (Å²) in [5.41, 5.74) is 8.23. The molecule has 1 heterocycles. The molecule has 152 valence electrons. The van der Waals surface area contributed by atoms with E-state index in [0.717, 1.165) is 5.56 Å². The summed E-state index contributed by atoms with van der Waals surface area (Å²) in [5.74, 6) is 0.332. The van der Waals surface area contributed by atoms with Crippen LogP contribution in [-0.2, 0) is 16.1 Å².